The summed E-state index contributed by atoms with van der Waals surface area (Å²) in [4.78, 5) is 14.6. The van der Waals surface area contributed by atoms with Crippen molar-refractivity contribution in [2.75, 3.05) is 40.4 Å². The summed E-state index contributed by atoms with van der Waals surface area (Å²) in [6.45, 7) is 7.69. The minimum atomic E-state index is -0.0989. The van der Waals surface area contributed by atoms with Crippen LogP contribution in [-0.4, -0.2) is 51.3 Å². The number of nitrogens with zero attached hydrogens (tertiary/aromatic N) is 1. The molecule has 152 valence electrons. The second kappa shape index (κ2) is 11.0. The Labute approximate surface area is 163 Å². The topological polar surface area (TPSA) is 62.8 Å². The van der Waals surface area contributed by atoms with Crippen molar-refractivity contribution in [2.24, 2.45) is 5.92 Å². The van der Waals surface area contributed by atoms with Gasteiger partial charge in [0.15, 0.2) is 11.5 Å². The number of likely N-dealkylation sites (tertiary alicyclic amines) is 1. The second-order valence-corrected chi connectivity index (χ2v) is 7.55. The minimum Gasteiger partial charge on any atom is -0.493 e. The van der Waals surface area contributed by atoms with Gasteiger partial charge in [-0.3, -0.25) is 4.90 Å². The first-order chi connectivity index (χ1) is 13.0. The molecule has 0 bridgehead atoms. The molecule has 2 rings (SSSR count). The molecule has 1 aromatic rings. The predicted octanol–water partition coefficient (Wildman–Crippen LogP) is 3.58. The van der Waals surface area contributed by atoms with Crippen LogP contribution in [0.2, 0.25) is 0 Å². The first-order valence-electron chi connectivity index (χ1n) is 10.0. The third kappa shape index (κ3) is 6.61. The van der Waals surface area contributed by atoms with Crippen LogP contribution in [-0.2, 0) is 0 Å². The quantitative estimate of drug-likeness (QED) is 0.690. The van der Waals surface area contributed by atoms with E-state index in [4.69, 9.17) is 9.47 Å². The zero-order valence-electron chi connectivity index (χ0n) is 17.2. The summed E-state index contributed by atoms with van der Waals surface area (Å²) in [6, 6.07) is 6.06. The van der Waals surface area contributed by atoms with Gasteiger partial charge in [0, 0.05) is 13.1 Å². The highest BCUT2D eigenvalue weighted by molar-refractivity contribution is 5.73. The second-order valence-electron chi connectivity index (χ2n) is 7.55. The van der Waals surface area contributed by atoms with Gasteiger partial charge in [0.25, 0.3) is 0 Å². The van der Waals surface area contributed by atoms with E-state index in [2.05, 4.69) is 35.4 Å². The summed E-state index contributed by atoms with van der Waals surface area (Å²) in [6.07, 6.45) is 4.66. The van der Waals surface area contributed by atoms with E-state index in [1.54, 1.807) is 14.2 Å². The van der Waals surface area contributed by atoms with Crippen LogP contribution in [0.15, 0.2) is 18.2 Å². The smallest absolute Gasteiger partial charge is 0.314 e. The molecule has 1 aliphatic rings. The van der Waals surface area contributed by atoms with Gasteiger partial charge in [-0.1, -0.05) is 26.3 Å². The number of amides is 2. The summed E-state index contributed by atoms with van der Waals surface area (Å²) in [7, 11) is 3.29. The van der Waals surface area contributed by atoms with E-state index in [1.165, 1.54) is 19.3 Å². The highest BCUT2D eigenvalue weighted by Gasteiger charge is 2.24. The van der Waals surface area contributed by atoms with Crippen LogP contribution < -0.4 is 20.1 Å². The summed E-state index contributed by atoms with van der Waals surface area (Å²) in [5.41, 5.74) is 1.14. The molecule has 0 aromatic heterocycles. The molecule has 0 spiro atoms. The number of ether oxygens (including phenoxy) is 2. The molecule has 2 N–H and O–H groups in total. The first kappa shape index (κ1) is 21.4. The highest BCUT2D eigenvalue weighted by atomic mass is 16.5. The van der Waals surface area contributed by atoms with Gasteiger partial charge in [0.1, 0.15) is 0 Å². The average Bonchev–Trinajstić information content (AvgIpc) is 2.68. The molecule has 1 unspecified atom stereocenters. The van der Waals surface area contributed by atoms with Gasteiger partial charge in [-0.15, -0.1) is 0 Å². The van der Waals surface area contributed by atoms with E-state index in [9.17, 15) is 4.79 Å². The molecule has 1 atom stereocenters. The Kier molecular flexibility index (Phi) is 8.72. The molecule has 1 fully saturated rings. The number of methoxy groups -OCH3 is 2. The fourth-order valence-corrected chi connectivity index (χ4v) is 3.47. The Bertz CT molecular complexity index is 586. The molecule has 0 aliphatic carbocycles. The summed E-state index contributed by atoms with van der Waals surface area (Å²) < 4.78 is 10.8. The molecule has 1 aromatic carbocycles. The van der Waals surface area contributed by atoms with Crippen molar-refractivity contribution in [3.05, 3.63) is 23.8 Å². The zero-order chi connectivity index (χ0) is 19.6. The molecule has 1 aliphatic heterocycles. The molecule has 2 amide bonds. The number of piperidine rings is 1. The normalized spacial score (nSPS) is 16.0. The van der Waals surface area contributed by atoms with Crippen LogP contribution >= 0.6 is 0 Å². The Hall–Kier alpha value is -1.95. The fraction of sp³-hybridized carbons (Fsp3) is 0.667. The maximum absolute atomic E-state index is 12.2. The van der Waals surface area contributed by atoms with Crippen molar-refractivity contribution in [3.8, 4) is 11.5 Å². The number of carbonyl (C=O) groups excluding carboxylic acids is 1. The highest BCUT2D eigenvalue weighted by Crippen LogP contribution is 2.32. The molecule has 1 heterocycles. The van der Waals surface area contributed by atoms with Crippen molar-refractivity contribution < 1.29 is 14.3 Å². The number of carbonyl (C=O) groups is 1. The van der Waals surface area contributed by atoms with Crippen LogP contribution in [0.1, 0.15) is 51.1 Å². The maximum atomic E-state index is 12.2. The predicted molar refractivity (Wildman–Crippen MR) is 109 cm³/mol. The largest absolute Gasteiger partial charge is 0.493 e. The Balaban J connectivity index is 2.06. The van der Waals surface area contributed by atoms with Gasteiger partial charge in [-0.25, -0.2) is 4.79 Å². The zero-order valence-corrected chi connectivity index (χ0v) is 17.2. The van der Waals surface area contributed by atoms with E-state index in [0.29, 0.717) is 19.0 Å². The average molecular weight is 378 g/mol. The van der Waals surface area contributed by atoms with Gasteiger partial charge in [-0.2, -0.15) is 0 Å². The van der Waals surface area contributed by atoms with Crippen LogP contribution in [0, 0.1) is 5.92 Å². The van der Waals surface area contributed by atoms with E-state index in [0.717, 1.165) is 36.6 Å². The molecule has 1 saturated heterocycles. The number of hydrogen-bond donors (Lipinski definition) is 2. The van der Waals surface area contributed by atoms with Crippen molar-refractivity contribution in [1.29, 1.82) is 0 Å². The van der Waals surface area contributed by atoms with Crippen LogP contribution in [0.5, 0.6) is 11.5 Å². The third-order valence-corrected chi connectivity index (χ3v) is 5.09. The lowest BCUT2D eigenvalue weighted by Gasteiger charge is -2.35. The fourth-order valence-electron chi connectivity index (χ4n) is 3.47. The van der Waals surface area contributed by atoms with Crippen LogP contribution in [0.4, 0.5) is 4.79 Å². The van der Waals surface area contributed by atoms with Crippen molar-refractivity contribution in [3.63, 3.8) is 0 Å². The molecule has 27 heavy (non-hydrogen) atoms. The van der Waals surface area contributed by atoms with Gasteiger partial charge < -0.3 is 20.1 Å². The van der Waals surface area contributed by atoms with E-state index >= 15 is 0 Å². The lowest BCUT2D eigenvalue weighted by Crippen LogP contribution is -2.44. The molecule has 6 nitrogen and oxygen atoms in total. The van der Waals surface area contributed by atoms with Crippen molar-refractivity contribution >= 4 is 6.03 Å². The summed E-state index contributed by atoms with van der Waals surface area (Å²) >= 11 is 0. The van der Waals surface area contributed by atoms with E-state index in [1.807, 2.05) is 12.1 Å². The van der Waals surface area contributed by atoms with Gasteiger partial charge >= 0.3 is 6.03 Å². The number of urea groups is 1. The van der Waals surface area contributed by atoms with E-state index in [-0.39, 0.29) is 12.1 Å². The lowest BCUT2D eigenvalue weighted by atomic mass is 10.0. The van der Waals surface area contributed by atoms with Gasteiger partial charge in [0.05, 0.1) is 20.3 Å². The Morgan fingerprint density at radius 2 is 1.78 bits per heavy atom. The third-order valence-electron chi connectivity index (χ3n) is 5.09. The molecular formula is C21H35N3O3. The van der Waals surface area contributed by atoms with E-state index < -0.39 is 0 Å². The monoisotopic (exact) mass is 377 g/mol. The maximum Gasteiger partial charge on any atom is 0.314 e. The number of rotatable bonds is 9. The summed E-state index contributed by atoms with van der Waals surface area (Å²) in [5, 5.41) is 6.01. The lowest BCUT2D eigenvalue weighted by molar-refractivity contribution is 0.160. The first-order valence-corrected chi connectivity index (χ1v) is 10.0. The molecule has 0 radical (unpaired) electrons. The SMILES string of the molecule is COc1ccc(C(CNC(=O)NCCC(C)C)N2CCCCC2)cc1OC. The van der Waals surface area contributed by atoms with Crippen molar-refractivity contribution in [1.82, 2.24) is 15.5 Å². The number of nitrogens with one attached hydrogen (secondary N) is 2. The Morgan fingerprint density at radius 3 is 2.41 bits per heavy atom. The molecule has 0 saturated carbocycles. The van der Waals surface area contributed by atoms with Crippen LogP contribution in [0.3, 0.4) is 0 Å². The molecular weight excluding hydrogens is 342 g/mol. The number of benzene rings is 1. The minimum absolute atomic E-state index is 0.0989. The number of hydrogen-bond acceptors (Lipinski definition) is 4. The summed E-state index contributed by atoms with van der Waals surface area (Å²) in [5.74, 6) is 2.02. The van der Waals surface area contributed by atoms with Gasteiger partial charge in [-0.05, 0) is 56.0 Å². The van der Waals surface area contributed by atoms with Crippen molar-refractivity contribution in [2.45, 2.75) is 45.6 Å². The molecule has 6 heteroatoms. The van der Waals surface area contributed by atoms with Gasteiger partial charge in [0.2, 0.25) is 0 Å². The van der Waals surface area contributed by atoms with Crippen LogP contribution in [0.25, 0.3) is 0 Å². The standard InChI is InChI=1S/C21H35N3O3/c1-16(2)10-11-22-21(25)23-15-18(24-12-6-5-7-13-24)17-8-9-19(26-3)20(14-17)27-4/h8-9,14,16,18H,5-7,10-13,15H2,1-4H3,(H2,22,23,25). The Morgan fingerprint density at radius 1 is 1.07 bits per heavy atom.